The summed E-state index contributed by atoms with van der Waals surface area (Å²) in [6.07, 6.45) is 0. The van der Waals surface area contributed by atoms with Gasteiger partial charge in [-0.25, -0.2) is 8.42 Å². The van der Waals surface area contributed by atoms with Gasteiger partial charge < -0.3 is 10.6 Å². The highest BCUT2D eigenvalue weighted by Crippen LogP contribution is 2.18. The number of benzene rings is 1. The normalized spacial score (nSPS) is 13.3. The molecule has 0 bridgehead atoms. The van der Waals surface area contributed by atoms with Crippen LogP contribution < -0.4 is 5.73 Å². The molecule has 0 aliphatic heterocycles. The van der Waals surface area contributed by atoms with Crippen LogP contribution in [0.25, 0.3) is 0 Å². The van der Waals surface area contributed by atoms with Crippen molar-refractivity contribution in [3.63, 3.8) is 0 Å². The lowest BCUT2D eigenvalue weighted by Crippen LogP contribution is -2.39. The van der Waals surface area contributed by atoms with Gasteiger partial charge >= 0.3 is 0 Å². The molecule has 1 atom stereocenters. The minimum atomic E-state index is -3.65. The highest BCUT2D eigenvalue weighted by Gasteiger charge is 2.25. The second kappa shape index (κ2) is 6.34. The maximum atomic E-state index is 12.4. The van der Waals surface area contributed by atoms with Gasteiger partial charge in [-0.2, -0.15) is 4.31 Å². The van der Waals surface area contributed by atoms with Crippen LogP contribution in [-0.4, -0.2) is 57.3 Å². The molecule has 0 saturated carbocycles. The molecular weight excluding hydrogens is 278 g/mol. The molecule has 0 aromatic heterocycles. The van der Waals surface area contributed by atoms with Crippen molar-refractivity contribution in [1.82, 2.24) is 9.21 Å². The highest BCUT2D eigenvalue weighted by atomic mass is 32.2. The molecule has 0 aliphatic carbocycles. The molecule has 6 nitrogen and oxygen atoms in total. The van der Waals surface area contributed by atoms with Crippen LogP contribution in [0.15, 0.2) is 29.2 Å². The van der Waals surface area contributed by atoms with Crippen LogP contribution in [0.1, 0.15) is 17.3 Å². The fraction of sp³-hybridized carbons (Fsp3) is 0.462. The van der Waals surface area contributed by atoms with Crippen LogP contribution in [0.2, 0.25) is 0 Å². The van der Waals surface area contributed by atoms with E-state index in [1.165, 1.54) is 28.4 Å². The maximum Gasteiger partial charge on any atom is 0.253 e. The molecule has 0 fully saturated rings. The van der Waals surface area contributed by atoms with E-state index in [0.29, 0.717) is 5.56 Å². The Bertz CT molecular complexity index is 584. The van der Waals surface area contributed by atoms with E-state index >= 15 is 0 Å². The summed E-state index contributed by atoms with van der Waals surface area (Å²) in [6.45, 7) is 1.96. The molecule has 0 aliphatic rings. The van der Waals surface area contributed by atoms with E-state index in [2.05, 4.69) is 0 Å². The molecule has 1 aromatic carbocycles. The Labute approximate surface area is 120 Å². The third-order valence-corrected chi connectivity index (χ3v) is 5.09. The molecular formula is C13H21N3O3S. The fourth-order valence-electron chi connectivity index (χ4n) is 1.60. The molecule has 0 radical (unpaired) electrons. The van der Waals surface area contributed by atoms with Gasteiger partial charge in [-0.15, -0.1) is 0 Å². The number of sulfonamides is 1. The molecule has 20 heavy (non-hydrogen) atoms. The molecule has 0 spiro atoms. The monoisotopic (exact) mass is 299 g/mol. The predicted octanol–water partition coefficient (Wildman–Crippen LogP) is 0.356. The summed E-state index contributed by atoms with van der Waals surface area (Å²) < 4.78 is 26.1. The van der Waals surface area contributed by atoms with Crippen molar-refractivity contribution in [3.8, 4) is 0 Å². The first-order chi connectivity index (χ1) is 9.21. The Morgan fingerprint density at radius 1 is 1.30 bits per heavy atom. The van der Waals surface area contributed by atoms with Crippen molar-refractivity contribution in [2.45, 2.75) is 17.9 Å². The van der Waals surface area contributed by atoms with E-state index in [9.17, 15) is 13.2 Å². The molecule has 0 saturated heterocycles. The topological polar surface area (TPSA) is 83.7 Å². The summed E-state index contributed by atoms with van der Waals surface area (Å²) in [5.41, 5.74) is 5.84. The van der Waals surface area contributed by atoms with Crippen molar-refractivity contribution >= 4 is 15.9 Å². The minimum Gasteiger partial charge on any atom is -0.345 e. The van der Waals surface area contributed by atoms with Crippen molar-refractivity contribution in [2.24, 2.45) is 5.73 Å². The van der Waals surface area contributed by atoms with Crippen molar-refractivity contribution in [2.75, 3.05) is 27.7 Å². The highest BCUT2D eigenvalue weighted by molar-refractivity contribution is 7.89. The fourth-order valence-corrected chi connectivity index (χ4v) is 3.02. The Balaban J connectivity index is 3.21. The van der Waals surface area contributed by atoms with Gasteiger partial charge in [-0.05, 0) is 25.1 Å². The summed E-state index contributed by atoms with van der Waals surface area (Å²) in [5, 5.41) is 0. The number of rotatable bonds is 5. The zero-order valence-electron chi connectivity index (χ0n) is 12.2. The number of likely N-dealkylation sites (N-methyl/N-ethyl adjacent to an activating group) is 1. The van der Waals surface area contributed by atoms with E-state index < -0.39 is 10.0 Å². The average molecular weight is 299 g/mol. The zero-order valence-corrected chi connectivity index (χ0v) is 13.0. The standard InChI is InChI=1S/C13H21N3O3S/c1-10(9-14)16(4)20(18,19)12-7-5-6-11(8-12)13(17)15(2)3/h5-8,10H,9,14H2,1-4H3. The average Bonchev–Trinajstić information content (AvgIpc) is 2.44. The van der Waals surface area contributed by atoms with Crippen LogP contribution in [-0.2, 0) is 10.0 Å². The summed E-state index contributed by atoms with van der Waals surface area (Å²) in [4.78, 5) is 13.4. The van der Waals surface area contributed by atoms with Gasteiger partial charge in [0.1, 0.15) is 0 Å². The lowest BCUT2D eigenvalue weighted by molar-refractivity contribution is 0.0827. The van der Waals surface area contributed by atoms with Crippen LogP contribution in [0, 0.1) is 0 Å². The Hall–Kier alpha value is -1.44. The van der Waals surface area contributed by atoms with Crippen molar-refractivity contribution < 1.29 is 13.2 Å². The summed E-state index contributed by atoms with van der Waals surface area (Å²) >= 11 is 0. The molecule has 112 valence electrons. The lowest BCUT2D eigenvalue weighted by atomic mass is 10.2. The van der Waals surface area contributed by atoms with E-state index in [-0.39, 0.29) is 23.4 Å². The molecule has 0 heterocycles. The second-order valence-corrected chi connectivity index (χ2v) is 6.83. The van der Waals surface area contributed by atoms with Gasteiger partial charge in [-0.3, -0.25) is 4.79 Å². The molecule has 1 rings (SSSR count). The zero-order chi connectivity index (χ0) is 15.5. The van der Waals surface area contributed by atoms with Crippen LogP contribution in [0.5, 0.6) is 0 Å². The second-order valence-electron chi connectivity index (χ2n) is 4.83. The summed E-state index contributed by atoms with van der Waals surface area (Å²) in [7, 11) is 1.06. The number of nitrogens with two attached hydrogens (primary N) is 1. The van der Waals surface area contributed by atoms with E-state index in [1.54, 1.807) is 33.2 Å². The SMILES string of the molecule is CC(CN)N(C)S(=O)(=O)c1cccc(C(=O)N(C)C)c1. The Morgan fingerprint density at radius 3 is 2.40 bits per heavy atom. The van der Waals surface area contributed by atoms with E-state index in [4.69, 9.17) is 5.73 Å². The molecule has 1 aromatic rings. The number of amides is 1. The Morgan fingerprint density at radius 2 is 1.90 bits per heavy atom. The minimum absolute atomic E-state index is 0.0907. The number of hydrogen-bond donors (Lipinski definition) is 1. The van der Waals surface area contributed by atoms with Crippen LogP contribution in [0.3, 0.4) is 0 Å². The first-order valence-corrected chi connectivity index (χ1v) is 7.65. The lowest BCUT2D eigenvalue weighted by Gasteiger charge is -2.23. The molecule has 7 heteroatoms. The quantitative estimate of drug-likeness (QED) is 0.850. The number of carbonyl (C=O) groups excluding carboxylic acids is 1. The van der Waals surface area contributed by atoms with Gasteiger partial charge in [0.05, 0.1) is 4.90 Å². The predicted molar refractivity (Wildman–Crippen MR) is 77.9 cm³/mol. The molecule has 1 unspecified atom stereocenters. The maximum absolute atomic E-state index is 12.4. The third-order valence-electron chi connectivity index (χ3n) is 3.13. The van der Waals surface area contributed by atoms with Crippen LogP contribution >= 0.6 is 0 Å². The smallest absolute Gasteiger partial charge is 0.253 e. The summed E-state index contributed by atoms with van der Waals surface area (Å²) in [5.74, 6) is -0.239. The van der Waals surface area contributed by atoms with Crippen molar-refractivity contribution in [3.05, 3.63) is 29.8 Å². The van der Waals surface area contributed by atoms with Gasteiger partial charge in [0.25, 0.3) is 5.91 Å². The Kier molecular flexibility index (Phi) is 5.27. The van der Waals surface area contributed by atoms with Gasteiger partial charge in [-0.1, -0.05) is 6.07 Å². The van der Waals surface area contributed by atoms with Crippen molar-refractivity contribution in [1.29, 1.82) is 0 Å². The van der Waals surface area contributed by atoms with Crippen LogP contribution in [0.4, 0.5) is 0 Å². The van der Waals surface area contributed by atoms with Gasteiger partial charge in [0.2, 0.25) is 10.0 Å². The van der Waals surface area contributed by atoms with E-state index in [0.717, 1.165) is 0 Å². The number of nitrogens with zero attached hydrogens (tertiary/aromatic N) is 2. The number of carbonyl (C=O) groups is 1. The first kappa shape index (κ1) is 16.6. The molecule has 2 N–H and O–H groups in total. The van der Waals surface area contributed by atoms with Gasteiger partial charge in [0.15, 0.2) is 0 Å². The molecule has 1 amide bonds. The largest absolute Gasteiger partial charge is 0.345 e. The first-order valence-electron chi connectivity index (χ1n) is 6.21. The third kappa shape index (κ3) is 3.36. The van der Waals surface area contributed by atoms with E-state index in [1.807, 2.05) is 0 Å². The summed E-state index contributed by atoms with van der Waals surface area (Å²) in [6, 6.07) is 5.70. The number of hydrogen-bond acceptors (Lipinski definition) is 4. The van der Waals surface area contributed by atoms with Gasteiger partial charge in [0, 0.05) is 39.3 Å².